The molecular formula is C15H20BrNO2. The van der Waals surface area contributed by atoms with E-state index in [0.717, 1.165) is 42.3 Å². The van der Waals surface area contributed by atoms with E-state index in [1.807, 2.05) is 19.1 Å². The smallest absolute Gasteiger partial charge is 0.312 e. The molecule has 1 aliphatic rings. The molecule has 1 aromatic heterocycles. The first kappa shape index (κ1) is 14.5. The number of halogens is 1. The summed E-state index contributed by atoms with van der Waals surface area (Å²) in [7, 11) is 0. The second-order valence-corrected chi connectivity index (χ2v) is 5.94. The Balaban J connectivity index is 2.23. The highest BCUT2D eigenvalue weighted by Crippen LogP contribution is 2.41. The van der Waals surface area contributed by atoms with Gasteiger partial charge >= 0.3 is 5.97 Å². The van der Waals surface area contributed by atoms with Crippen LogP contribution in [0.3, 0.4) is 0 Å². The largest absolute Gasteiger partial charge is 0.466 e. The molecule has 0 amide bonds. The Bertz CT molecular complexity index is 442. The van der Waals surface area contributed by atoms with Gasteiger partial charge in [0.1, 0.15) is 4.60 Å². The van der Waals surface area contributed by atoms with E-state index in [1.54, 1.807) is 6.20 Å². The van der Waals surface area contributed by atoms with Crippen molar-refractivity contribution in [1.29, 1.82) is 0 Å². The van der Waals surface area contributed by atoms with Gasteiger partial charge in [0.2, 0.25) is 0 Å². The van der Waals surface area contributed by atoms with E-state index < -0.39 is 0 Å². The second-order valence-electron chi connectivity index (χ2n) is 5.19. The fraction of sp³-hybridized carbons (Fsp3) is 0.600. The third-order valence-electron chi connectivity index (χ3n) is 3.88. The maximum absolute atomic E-state index is 12.4. The van der Waals surface area contributed by atoms with Crippen molar-refractivity contribution in [1.82, 2.24) is 4.98 Å². The predicted molar refractivity (Wildman–Crippen MR) is 77.8 cm³/mol. The predicted octanol–water partition coefficient (Wildman–Crippen LogP) is 3.90. The monoisotopic (exact) mass is 325 g/mol. The highest BCUT2D eigenvalue weighted by Gasteiger charge is 2.41. The van der Waals surface area contributed by atoms with Gasteiger partial charge in [-0.3, -0.25) is 4.79 Å². The van der Waals surface area contributed by atoms with E-state index in [4.69, 9.17) is 4.74 Å². The van der Waals surface area contributed by atoms with E-state index in [2.05, 4.69) is 20.9 Å². The molecule has 19 heavy (non-hydrogen) atoms. The fourth-order valence-corrected chi connectivity index (χ4v) is 3.27. The molecule has 2 rings (SSSR count). The van der Waals surface area contributed by atoms with Crippen LogP contribution in [-0.2, 0) is 16.0 Å². The average molecular weight is 326 g/mol. The third kappa shape index (κ3) is 3.35. The fourth-order valence-electron chi connectivity index (χ4n) is 2.88. The minimum Gasteiger partial charge on any atom is -0.466 e. The number of pyridine rings is 1. The second kappa shape index (κ2) is 6.51. The number of rotatable bonds is 4. The lowest BCUT2D eigenvalue weighted by Gasteiger charge is -2.35. The number of hydrogen-bond acceptors (Lipinski definition) is 3. The SMILES string of the molecule is CCOC(=O)C1(Cc2cccnc2Br)CCCCC1. The van der Waals surface area contributed by atoms with Crippen LogP contribution in [-0.4, -0.2) is 17.6 Å². The molecule has 104 valence electrons. The molecule has 1 aromatic rings. The summed E-state index contributed by atoms with van der Waals surface area (Å²) < 4.78 is 6.16. The Morgan fingerprint density at radius 1 is 1.42 bits per heavy atom. The first-order valence-corrected chi connectivity index (χ1v) is 7.74. The van der Waals surface area contributed by atoms with Crippen molar-refractivity contribution in [2.24, 2.45) is 5.41 Å². The quantitative estimate of drug-likeness (QED) is 0.622. The van der Waals surface area contributed by atoms with Crippen LogP contribution >= 0.6 is 15.9 Å². The third-order valence-corrected chi connectivity index (χ3v) is 4.60. The summed E-state index contributed by atoms with van der Waals surface area (Å²) in [5, 5.41) is 0. The van der Waals surface area contributed by atoms with Gasteiger partial charge in [0.15, 0.2) is 0 Å². The van der Waals surface area contributed by atoms with Crippen LogP contribution in [0, 0.1) is 5.41 Å². The Kier molecular flexibility index (Phi) is 4.97. The van der Waals surface area contributed by atoms with Crippen LogP contribution in [0.5, 0.6) is 0 Å². The number of ether oxygens (including phenoxy) is 1. The number of carbonyl (C=O) groups excluding carboxylic acids is 1. The van der Waals surface area contributed by atoms with Gasteiger partial charge in [0.25, 0.3) is 0 Å². The lowest BCUT2D eigenvalue weighted by molar-refractivity contribution is -0.157. The maximum atomic E-state index is 12.4. The molecular weight excluding hydrogens is 306 g/mol. The van der Waals surface area contributed by atoms with Crippen LogP contribution in [0.4, 0.5) is 0 Å². The molecule has 0 saturated heterocycles. The van der Waals surface area contributed by atoms with Crippen LogP contribution in [0.15, 0.2) is 22.9 Å². The summed E-state index contributed by atoms with van der Waals surface area (Å²) >= 11 is 3.47. The van der Waals surface area contributed by atoms with Crippen LogP contribution in [0.2, 0.25) is 0 Å². The summed E-state index contributed by atoms with van der Waals surface area (Å²) in [6, 6.07) is 3.95. The molecule has 0 aliphatic heterocycles. The van der Waals surface area contributed by atoms with Crippen molar-refractivity contribution in [3.05, 3.63) is 28.5 Å². The van der Waals surface area contributed by atoms with Crippen molar-refractivity contribution >= 4 is 21.9 Å². The summed E-state index contributed by atoms with van der Waals surface area (Å²) in [6.45, 7) is 2.32. The van der Waals surface area contributed by atoms with Gasteiger partial charge < -0.3 is 4.74 Å². The zero-order valence-electron chi connectivity index (χ0n) is 11.3. The first-order valence-electron chi connectivity index (χ1n) is 6.94. The molecule has 0 N–H and O–H groups in total. The van der Waals surface area contributed by atoms with E-state index in [-0.39, 0.29) is 11.4 Å². The van der Waals surface area contributed by atoms with E-state index in [9.17, 15) is 4.79 Å². The Morgan fingerprint density at radius 2 is 2.16 bits per heavy atom. The lowest BCUT2D eigenvalue weighted by atomic mass is 9.70. The molecule has 0 bridgehead atoms. The number of hydrogen-bond donors (Lipinski definition) is 0. The van der Waals surface area contributed by atoms with Crippen molar-refractivity contribution in [2.75, 3.05) is 6.61 Å². The molecule has 1 aliphatic carbocycles. The maximum Gasteiger partial charge on any atom is 0.312 e. The Hall–Kier alpha value is -0.900. The molecule has 0 radical (unpaired) electrons. The van der Waals surface area contributed by atoms with Crippen molar-refractivity contribution in [3.63, 3.8) is 0 Å². The number of nitrogens with zero attached hydrogens (tertiary/aromatic N) is 1. The lowest BCUT2D eigenvalue weighted by Crippen LogP contribution is -2.37. The Labute approximate surface area is 122 Å². The molecule has 1 heterocycles. The highest BCUT2D eigenvalue weighted by molar-refractivity contribution is 9.10. The van der Waals surface area contributed by atoms with Crippen LogP contribution in [0.1, 0.15) is 44.6 Å². The van der Waals surface area contributed by atoms with Gasteiger partial charge in [-0.05, 0) is 53.7 Å². The van der Waals surface area contributed by atoms with E-state index >= 15 is 0 Å². The molecule has 1 saturated carbocycles. The zero-order valence-corrected chi connectivity index (χ0v) is 12.9. The number of esters is 1. The van der Waals surface area contributed by atoms with E-state index in [1.165, 1.54) is 6.42 Å². The highest BCUT2D eigenvalue weighted by atomic mass is 79.9. The van der Waals surface area contributed by atoms with Crippen molar-refractivity contribution in [3.8, 4) is 0 Å². The Morgan fingerprint density at radius 3 is 2.79 bits per heavy atom. The molecule has 3 nitrogen and oxygen atoms in total. The van der Waals surface area contributed by atoms with Gasteiger partial charge in [-0.2, -0.15) is 0 Å². The minimum absolute atomic E-state index is 0.0366. The van der Waals surface area contributed by atoms with Crippen molar-refractivity contribution in [2.45, 2.75) is 45.4 Å². The topological polar surface area (TPSA) is 39.2 Å². The molecule has 0 aromatic carbocycles. The molecule has 0 atom stereocenters. The van der Waals surface area contributed by atoms with Crippen molar-refractivity contribution < 1.29 is 9.53 Å². The number of aromatic nitrogens is 1. The summed E-state index contributed by atoms with van der Waals surface area (Å²) in [6.07, 6.45) is 7.76. The normalized spacial score (nSPS) is 18.0. The molecule has 1 fully saturated rings. The van der Waals surface area contributed by atoms with Gasteiger partial charge in [0.05, 0.1) is 12.0 Å². The van der Waals surface area contributed by atoms with E-state index in [0.29, 0.717) is 6.61 Å². The average Bonchev–Trinajstić information content (AvgIpc) is 2.43. The standard InChI is InChI=1S/C15H20BrNO2/c1-2-19-14(18)15(8-4-3-5-9-15)11-12-7-6-10-17-13(12)16/h6-7,10H,2-5,8-9,11H2,1H3. The molecule has 4 heteroatoms. The summed E-state index contributed by atoms with van der Waals surface area (Å²) in [5.74, 6) is -0.0366. The van der Waals surface area contributed by atoms with Crippen LogP contribution < -0.4 is 0 Å². The summed E-state index contributed by atoms with van der Waals surface area (Å²) in [5.41, 5.74) is 0.747. The zero-order chi connectivity index (χ0) is 13.7. The molecule has 0 unspecified atom stereocenters. The van der Waals surface area contributed by atoms with Gasteiger partial charge in [-0.15, -0.1) is 0 Å². The van der Waals surface area contributed by atoms with Gasteiger partial charge in [-0.1, -0.05) is 25.3 Å². The summed E-state index contributed by atoms with van der Waals surface area (Å²) in [4.78, 5) is 16.6. The molecule has 0 spiro atoms. The number of carbonyl (C=O) groups is 1. The first-order chi connectivity index (χ1) is 9.18. The van der Waals surface area contributed by atoms with Gasteiger partial charge in [-0.25, -0.2) is 4.98 Å². The van der Waals surface area contributed by atoms with Crippen LogP contribution in [0.25, 0.3) is 0 Å². The minimum atomic E-state index is -0.347. The van der Waals surface area contributed by atoms with Gasteiger partial charge in [0, 0.05) is 6.20 Å².